The Morgan fingerprint density at radius 2 is 1.79 bits per heavy atom. The summed E-state index contributed by atoms with van der Waals surface area (Å²) in [5.41, 5.74) is 0.915. The Morgan fingerprint density at radius 3 is 2.45 bits per heavy atom. The van der Waals surface area contributed by atoms with Gasteiger partial charge in [0.15, 0.2) is 11.5 Å². The molecule has 160 valence electrons. The van der Waals surface area contributed by atoms with Crippen LogP contribution >= 0.6 is 12.4 Å². The van der Waals surface area contributed by atoms with Crippen molar-refractivity contribution in [2.24, 2.45) is 0 Å². The first-order valence-electron chi connectivity index (χ1n) is 8.63. The Labute approximate surface area is 177 Å². The molecule has 0 amide bonds. The van der Waals surface area contributed by atoms with E-state index in [-0.39, 0.29) is 42.4 Å². The summed E-state index contributed by atoms with van der Waals surface area (Å²) < 4.78 is 49.5. The summed E-state index contributed by atoms with van der Waals surface area (Å²) in [7, 11) is 2.91. The van der Waals surface area contributed by atoms with Crippen molar-refractivity contribution in [1.82, 2.24) is 9.62 Å². The van der Waals surface area contributed by atoms with Gasteiger partial charge in [0.25, 0.3) is 0 Å². The molecule has 1 N–H and O–H groups in total. The molecule has 3 rings (SSSR count). The number of fused-ring (bicyclic) bond motifs is 1. The largest absolute Gasteiger partial charge is 0.497 e. The molecule has 1 aliphatic heterocycles. The van der Waals surface area contributed by atoms with Crippen LogP contribution in [0.1, 0.15) is 11.6 Å². The molecule has 0 saturated heterocycles. The van der Waals surface area contributed by atoms with E-state index < -0.39 is 10.0 Å². The molecule has 0 aromatic heterocycles. The smallest absolute Gasteiger partial charge is 0.244 e. The molecule has 29 heavy (non-hydrogen) atoms. The summed E-state index contributed by atoms with van der Waals surface area (Å²) in [5, 5.41) is 0. The van der Waals surface area contributed by atoms with Crippen LogP contribution < -0.4 is 23.7 Å². The zero-order valence-corrected chi connectivity index (χ0v) is 18.3. The molecule has 0 radical (unpaired) electrons. The van der Waals surface area contributed by atoms with Gasteiger partial charge in [-0.3, -0.25) is 0 Å². The molecule has 0 fully saturated rings. The Bertz CT molecular complexity index is 952. The summed E-state index contributed by atoms with van der Waals surface area (Å²) in [4.78, 5) is 1.99. The molecule has 1 aliphatic rings. The van der Waals surface area contributed by atoms with Crippen LogP contribution in [-0.4, -0.2) is 55.0 Å². The van der Waals surface area contributed by atoms with Gasteiger partial charge in [-0.2, -0.15) is 0 Å². The Morgan fingerprint density at radius 1 is 1.07 bits per heavy atom. The molecule has 0 spiro atoms. The molecule has 1 unspecified atom stereocenters. The quantitative estimate of drug-likeness (QED) is 0.669. The van der Waals surface area contributed by atoms with Gasteiger partial charge in [-0.15, -0.1) is 12.4 Å². The van der Waals surface area contributed by atoms with Crippen molar-refractivity contribution < 1.29 is 27.4 Å². The predicted molar refractivity (Wildman–Crippen MR) is 111 cm³/mol. The van der Waals surface area contributed by atoms with Crippen molar-refractivity contribution in [2.45, 2.75) is 10.9 Å². The summed E-state index contributed by atoms with van der Waals surface area (Å²) in [6.45, 7) is 0.361. The highest BCUT2D eigenvalue weighted by Crippen LogP contribution is 2.35. The first-order valence-corrected chi connectivity index (χ1v) is 10.1. The number of methoxy groups -OCH3 is 2. The number of ether oxygens (including phenoxy) is 4. The van der Waals surface area contributed by atoms with E-state index in [1.54, 1.807) is 6.07 Å². The zero-order chi connectivity index (χ0) is 20.3. The fraction of sp³-hybridized carbons (Fsp3) is 0.368. The molecule has 8 nitrogen and oxygen atoms in total. The minimum atomic E-state index is -3.79. The van der Waals surface area contributed by atoms with E-state index in [1.165, 1.54) is 26.4 Å². The number of hydrogen-bond acceptors (Lipinski definition) is 7. The van der Waals surface area contributed by atoms with E-state index in [9.17, 15) is 8.42 Å². The van der Waals surface area contributed by atoms with Gasteiger partial charge in [0.05, 0.1) is 14.2 Å². The lowest BCUT2D eigenvalue weighted by Gasteiger charge is -2.25. The maximum absolute atomic E-state index is 12.9. The summed E-state index contributed by atoms with van der Waals surface area (Å²) in [6, 6.07) is 9.98. The third kappa shape index (κ3) is 5.05. The third-order valence-corrected chi connectivity index (χ3v) is 5.99. The number of rotatable bonds is 8. The van der Waals surface area contributed by atoms with Gasteiger partial charge in [0.2, 0.25) is 16.8 Å². The lowest BCUT2D eigenvalue weighted by atomic mass is 10.1. The van der Waals surface area contributed by atoms with Crippen LogP contribution in [0.5, 0.6) is 23.0 Å². The van der Waals surface area contributed by atoms with Gasteiger partial charge in [0.1, 0.15) is 16.4 Å². The van der Waals surface area contributed by atoms with Gasteiger partial charge in [-0.05, 0) is 43.9 Å². The highest BCUT2D eigenvalue weighted by molar-refractivity contribution is 7.89. The van der Waals surface area contributed by atoms with Crippen molar-refractivity contribution >= 4 is 22.4 Å². The van der Waals surface area contributed by atoms with Crippen LogP contribution in [0.3, 0.4) is 0 Å². The Balaban J connectivity index is 0.00000300. The standard InChI is InChI=1S/C19H24N2O6S.ClH/c1-21(2)15(13-5-7-16-17(9-13)27-12-26-16)11-20-28(22,23)19-8-6-14(24-3)10-18(19)25-4;/h5-10,15,20H,11-12H2,1-4H3;1H. The number of hydrogen-bond donors (Lipinski definition) is 1. The van der Waals surface area contributed by atoms with E-state index in [0.29, 0.717) is 17.2 Å². The first-order chi connectivity index (χ1) is 13.4. The Kier molecular flexibility index (Phi) is 7.59. The second-order valence-electron chi connectivity index (χ2n) is 6.46. The van der Waals surface area contributed by atoms with Crippen molar-refractivity contribution in [3.63, 3.8) is 0 Å². The van der Waals surface area contributed by atoms with E-state index in [0.717, 1.165) is 5.56 Å². The molecule has 10 heteroatoms. The summed E-state index contributed by atoms with van der Waals surface area (Å²) in [5.74, 6) is 2.08. The SMILES string of the molecule is COc1ccc(S(=O)(=O)NCC(c2ccc3c(c2)OCO3)N(C)C)c(OC)c1.Cl. The number of benzene rings is 2. The molecule has 0 bridgehead atoms. The van der Waals surface area contributed by atoms with Crippen LogP contribution in [0, 0.1) is 0 Å². The average molecular weight is 445 g/mol. The van der Waals surface area contributed by atoms with Crippen molar-refractivity contribution in [1.29, 1.82) is 0 Å². The van der Waals surface area contributed by atoms with E-state index in [4.69, 9.17) is 18.9 Å². The van der Waals surface area contributed by atoms with E-state index in [1.807, 2.05) is 37.2 Å². The Hall–Kier alpha value is -2.20. The van der Waals surface area contributed by atoms with Gasteiger partial charge >= 0.3 is 0 Å². The lowest BCUT2D eigenvalue weighted by molar-refractivity contribution is 0.174. The van der Waals surface area contributed by atoms with Gasteiger partial charge < -0.3 is 23.8 Å². The van der Waals surface area contributed by atoms with E-state index in [2.05, 4.69) is 4.72 Å². The molecule has 1 heterocycles. The maximum Gasteiger partial charge on any atom is 0.244 e. The third-order valence-electron chi connectivity index (χ3n) is 4.53. The predicted octanol–water partition coefficient (Wildman–Crippen LogP) is 2.44. The van der Waals surface area contributed by atoms with Gasteiger partial charge in [-0.1, -0.05) is 6.07 Å². The molecule has 0 aliphatic carbocycles. The molecule has 2 aromatic carbocycles. The number of nitrogens with zero attached hydrogens (tertiary/aromatic N) is 1. The van der Waals surface area contributed by atoms with Crippen LogP contribution in [0.15, 0.2) is 41.3 Å². The van der Waals surface area contributed by atoms with Crippen molar-refractivity contribution in [3.05, 3.63) is 42.0 Å². The van der Waals surface area contributed by atoms with Crippen LogP contribution in [-0.2, 0) is 10.0 Å². The average Bonchev–Trinajstić information content (AvgIpc) is 3.15. The second kappa shape index (κ2) is 9.53. The molecule has 0 saturated carbocycles. The highest BCUT2D eigenvalue weighted by Gasteiger charge is 2.24. The van der Waals surface area contributed by atoms with Crippen LogP contribution in [0.25, 0.3) is 0 Å². The second-order valence-corrected chi connectivity index (χ2v) is 8.20. The van der Waals surface area contributed by atoms with Crippen molar-refractivity contribution in [3.8, 4) is 23.0 Å². The minimum absolute atomic E-state index is 0. The maximum atomic E-state index is 12.9. The highest BCUT2D eigenvalue weighted by atomic mass is 35.5. The first kappa shape index (κ1) is 23.1. The fourth-order valence-corrected chi connectivity index (χ4v) is 4.17. The summed E-state index contributed by atoms with van der Waals surface area (Å²) in [6.07, 6.45) is 0. The van der Waals surface area contributed by atoms with Crippen LogP contribution in [0.4, 0.5) is 0 Å². The summed E-state index contributed by atoms with van der Waals surface area (Å²) >= 11 is 0. The number of halogens is 1. The lowest BCUT2D eigenvalue weighted by Crippen LogP contribution is -2.34. The normalized spacial score (nSPS) is 13.7. The monoisotopic (exact) mass is 444 g/mol. The van der Waals surface area contributed by atoms with Gasteiger partial charge in [0, 0.05) is 18.7 Å². The number of likely N-dealkylation sites (N-methyl/N-ethyl adjacent to an activating group) is 1. The van der Waals surface area contributed by atoms with Crippen LogP contribution in [0.2, 0.25) is 0 Å². The minimum Gasteiger partial charge on any atom is -0.497 e. The topological polar surface area (TPSA) is 86.3 Å². The van der Waals surface area contributed by atoms with Gasteiger partial charge in [-0.25, -0.2) is 13.1 Å². The van der Waals surface area contributed by atoms with Crippen molar-refractivity contribution in [2.75, 3.05) is 41.7 Å². The number of sulfonamides is 1. The van der Waals surface area contributed by atoms with E-state index >= 15 is 0 Å². The molecule has 2 aromatic rings. The molecule has 1 atom stereocenters. The fourth-order valence-electron chi connectivity index (χ4n) is 2.98. The molecular weight excluding hydrogens is 420 g/mol. The zero-order valence-electron chi connectivity index (χ0n) is 16.7. The number of nitrogens with one attached hydrogen (secondary N) is 1. The molecular formula is C19H25ClN2O6S.